The van der Waals surface area contributed by atoms with Crippen LogP contribution in [-0.2, 0) is 19.0 Å². The molecule has 0 amide bonds. The highest BCUT2D eigenvalue weighted by atomic mass is 79.9. The molecule has 0 saturated heterocycles. The minimum absolute atomic E-state index is 0.456. The van der Waals surface area contributed by atoms with Gasteiger partial charge in [-0.25, -0.2) is 0 Å². The molecule has 0 fully saturated rings. The van der Waals surface area contributed by atoms with Gasteiger partial charge in [-0.3, -0.25) is 0 Å². The first-order valence-corrected chi connectivity index (χ1v) is 6.36. The first-order chi connectivity index (χ1) is 7.50. The summed E-state index contributed by atoms with van der Waals surface area (Å²) in [4.78, 5) is 0. The topological polar surface area (TPSA) is 0 Å². The zero-order chi connectivity index (χ0) is 12.2. The minimum atomic E-state index is -4.24. The Hall–Kier alpha value is -0.510. The van der Waals surface area contributed by atoms with Crippen molar-refractivity contribution in [2.75, 3.05) is 5.33 Å². The third-order valence-electron chi connectivity index (χ3n) is 2.52. The fraction of sp³-hybridized carbons (Fsp3) is 0.500. The average molecular weight is 295 g/mol. The van der Waals surface area contributed by atoms with Crippen molar-refractivity contribution in [3.05, 3.63) is 34.9 Å². The molecule has 16 heavy (non-hydrogen) atoms. The van der Waals surface area contributed by atoms with Gasteiger partial charge in [0.2, 0.25) is 0 Å². The summed E-state index contributed by atoms with van der Waals surface area (Å²) in [5.41, 5.74) is 0.778. The second-order valence-corrected chi connectivity index (χ2v) is 4.38. The van der Waals surface area contributed by atoms with Crippen molar-refractivity contribution in [1.82, 2.24) is 0 Å². The van der Waals surface area contributed by atoms with E-state index < -0.39 is 11.7 Å². The highest BCUT2D eigenvalue weighted by Gasteiger charge is 2.33. The molecule has 0 aliphatic carbocycles. The van der Waals surface area contributed by atoms with E-state index in [1.165, 1.54) is 12.1 Å². The second-order valence-electron chi connectivity index (χ2n) is 3.59. The molecule has 0 aliphatic heterocycles. The van der Waals surface area contributed by atoms with Crippen LogP contribution < -0.4 is 0 Å². The SMILES string of the molecule is CCc1cccc(C(F)(F)F)c1CCCBr. The van der Waals surface area contributed by atoms with Gasteiger partial charge < -0.3 is 0 Å². The molecule has 0 nitrogen and oxygen atoms in total. The van der Waals surface area contributed by atoms with E-state index in [-0.39, 0.29) is 0 Å². The fourth-order valence-electron chi connectivity index (χ4n) is 1.77. The first kappa shape index (κ1) is 13.6. The Morgan fingerprint density at radius 2 is 1.94 bits per heavy atom. The quantitative estimate of drug-likeness (QED) is 0.712. The van der Waals surface area contributed by atoms with E-state index in [2.05, 4.69) is 15.9 Å². The van der Waals surface area contributed by atoms with Gasteiger partial charge >= 0.3 is 6.18 Å². The van der Waals surface area contributed by atoms with E-state index in [4.69, 9.17) is 0 Å². The van der Waals surface area contributed by atoms with Gasteiger partial charge in [0.05, 0.1) is 5.56 Å². The van der Waals surface area contributed by atoms with E-state index in [1.54, 1.807) is 6.07 Å². The van der Waals surface area contributed by atoms with E-state index in [0.717, 1.165) is 17.3 Å². The van der Waals surface area contributed by atoms with Crippen molar-refractivity contribution in [3.8, 4) is 0 Å². The molecular weight excluding hydrogens is 281 g/mol. The molecule has 0 saturated carbocycles. The number of aryl methyl sites for hydroxylation is 1. The van der Waals surface area contributed by atoms with Crippen molar-refractivity contribution >= 4 is 15.9 Å². The number of halogens is 4. The number of benzene rings is 1. The Bertz CT molecular complexity index is 345. The van der Waals surface area contributed by atoms with E-state index in [0.29, 0.717) is 18.4 Å². The van der Waals surface area contributed by atoms with Gasteiger partial charge in [0, 0.05) is 5.33 Å². The Kier molecular flexibility index (Phi) is 4.84. The molecule has 1 aromatic carbocycles. The number of alkyl halides is 4. The molecule has 0 aromatic heterocycles. The molecule has 0 atom stereocenters. The molecule has 0 heterocycles. The van der Waals surface area contributed by atoms with Crippen LogP contribution in [0.15, 0.2) is 18.2 Å². The van der Waals surface area contributed by atoms with Crippen molar-refractivity contribution in [1.29, 1.82) is 0 Å². The molecule has 0 aliphatic rings. The number of rotatable bonds is 4. The lowest BCUT2D eigenvalue weighted by Gasteiger charge is -2.15. The standard InChI is InChI=1S/C12H14BrF3/c1-2-9-5-3-7-11(12(14,15)16)10(9)6-4-8-13/h3,5,7H,2,4,6,8H2,1H3. The molecule has 0 bridgehead atoms. The van der Waals surface area contributed by atoms with Crippen molar-refractivity contribution in [2.45, 2.75) is 32.4 Å². The molecule has 1 rings (SSSR count). The van der Waals surface area contributed by atoms with Crippen LogP contribution in [0.4, 0.5) is 13.2 Å². The summed E-state index contributed by atoms with van der Waals surface area (Å²) in [6, 6.07) is 4.43. The van der Waals surface area contributed by atoms with E-state index in [9.17, 15) is 13.2 Å². The van der Waals surface area contributed by atoms with E-state index >= 15 is 0 Å². The van der Waals surface area contributed by atoms with Gasteiger partial charge in [-0.15, -0.1) is 0 Å². The summed E-state index contributed by atoms with van der Waals surface area (Å²) >= 11 is 3.25. The predicted molar refractivity (Wildman–Crippen MR) is 62.9 cm³/mol. The van der Waals surface area contributed by atoms with Crippen LogP contribution in [0.5, 0.6) is 0 Å². The van der Waals surface area contributed by atoms with Crippen LogP contribution in [0.25, 0.3) is 0 Å². The van der Waals surface area contributed by atoms with Gasteiger partial charge in [0.1, 0.15) is 0 Å². The Morgan fingerprint density at radius 1 is 1.25 bits per heavy atom. The predicted octanol–water partition coefficient (Wildman–Crippen LogP) is 4.60. The zero-order valence-corrected chi connectivity index (χ0v) is 10.7. The maximum Gasteiger partial charge on any atom is 0.416 e. The molecule has 0 N–H and O–H groups in total. The van der Waals surface area contributed by atoms with Crippen LogP contribution in [0.1, 0.15) is 30.0 Å². The Morgan fingerprint density at radius 3 is 2.44 bits per heavy atom. The second kappa shape index (κ2) is 5.71. The average Bonchev–Trinajstić information content (AvgIpc) is 2.24. The lowest BCUT2D eigenvalue weighted by Crippen LogP contribution is -2.11. The number of hydrogen-bond acceptors (Lipinski definition) is 0. The molecule has 90 valence electrons. The van der Waals surface area contributed by atoms with Gasteiger partial charge in [0.25, 0.3) is 0 Å². The minimum Gasteiger partial charge on any atom is -0.166 e. The highest BCUT2D eigenvalue weighted by molar-refractivity contribution is 9.09. The van der Waals surface area contributed by atoms with Crippen LogP contribution in [0, 0.1) is 0 Å². The van der Waals surface area contributed by atoms with Crippen LogP contribution in [0.3, 0.4) is 0 Å². The first-order valence-electron chi connectivity index (χ1n) is 5.24. The van der Waals surface area contributed by atoms with Crippen molar-refractivity contribution < 1.29 is 13.2 Å². The summed E-state index contributed by atoms with van der Waals surface area (Å²) in [6.07, 6.45) is -2.40. The molecule has 0 unspecified atom stereocenters. The van der Waals surface area contributed by atoms with Gasteiger partial charge in [-0.2, -0.15) is 13.2 Å². The summed E-state index contributed by atoms with van der Waals surface area (Å²) in [7, 11) is 0. The monoisotopic (exact) mass is 294 g/mol. The van der Waals surface area contributed by atoms with Crippen LogP contribution in [-0.4, -0.2) is 5.33 Å². The highest BCUT2D eigenvalue weighted by Crippen LogP contribution is 2.34. The largest absolute Gasteiger partial charge is 0.416 e. The maximum absolute atomic E-state index is 12.8. The van der Waals surface area contributed by atoms with Crippen molar-refractivity contribution in [3.63, 3.8) is 0 Å². The van der Waals surface area contributed by atoms with E-state index in [1.807, 2.05) is 6.92 Å². The smallest absolute Gasteiger partial charge is 0.166 e. The third-order valence-corrected chi connectivity index (χ3v) is 3.08. The molecule has 0 radical (unpaired) electrons. The fourth-order valence-corrected chi connectivity index (χ4v) is 2.05. The summed E-state index contributed by atoms with van der Waals surface area (Å²) in [6.45, 7) is 1.88. The Labute approximate surface area is 102 Å². The molecule has 4 heteroatoms. The number of hydrogen-bond donors (Lipinski definition) is 0. The van der Waals surface area contributed by atoms with Crippen LogP contribution in [0.2, 0.25) is 0 Å². The van der Waals surface area contributed by atoms with Gasteiger partial charge in [-0.1, -0.05) is 35.0 Å². The maximum atomic E-state index is 12.8. The van der Waals surface area contributed by atoms with Gasteiger partial charge in [-0.05, 0) is 36.5 Å². The summed E-state index contributed by atoms with van der Waals surface area (Å²) in [5, 5.41) is 0.725. The zero-order valence-electron chi connectivity index (χ0n) is 9.07. The summed E-state index contributed by atoms with van der Waals surface area (Å²) < 4.78 is 38.3. The van der Waals surface area contributed by atoms with Crippen molar-refractivity contribution in [2.24, 2.45) is 0 Å². The third kappa shape index (κ3) is 3.24. The molecule has 1 aromatic rings. The summed E-state index contributed by atoms with van der Waals surface area (Å²) in [5.74, 6) is 0. The van der Waals surface area contributed by atoms with Crippen LogP contribution >= 0.6 is 15.9 Å². The lowest BCUT2D eigenvalue weighted by molar-refractivity contribution is -0.138. The molecular formula is C12H14BrF3. The normalized spacial score (nSPS) is 11.8. The Balaban J connectivity index is 3.15. The van der Waals surface area contributed by atoms with Gasteiger partial charge in [0.15, 0.2) is 0 Å². The lowest BCUT2D eigenvalue weighted by atomic mass is 9.95. The molecule has 0 spiro atoms.